The van der Waals surface area contributed by atoms with Crippen molar-refractivity contribution in [2.75, 3.05) is 31.1 Å². The maximum atomic E-state index is 12.4. The minimum absolute atomic E-state index is 0.186. The van der Waals surface area contributed by atoms with Crippen molar-refractivity contribution in [1.29, 1.82) is 0 Å². The molecule has 1 saturated carbocycles. The Morgan fingerprint density at radius 1 is 0.824 bits per heavy atom. The van der Waals surface area contributed by atoms with Crippen LogP contribution in [-0.2, 0) is 4.79 Å². The third kappa shape index (κ3) is 4.90. The molecule has 4 aliphatic rings. The molecule has 3 aliphatic heterocycles. The number of ketones is 1. The molecule has 0 radical (unpaired) electrons. The van der Waals surface area contributed by atoms with Crippen LogP contribution in [0, 0.1) is 11.8 Å². The summed E-state index contributed by atoms with van der Waals surface area (Å²) in [4.78, 5) is 30.0. The van der Waals surface area contributed by atoms with E-state index in [1.54, 1.807) is 0 Å². The number of rotatable bonds is 6. The number of likely N-dealkylation sites (tertiary alicyclic amines) is 2. The second kappa shape index (κ2) is 10.2. The standard InChI is InChI=1S/C28H45N5O/c1-19(2)27(34)22-5-7-24(8-6-22)31-13-11-21(12-14-31)23-15-29-28(30-16-23)33-25-9-10-26(33)18-32(17-25)20(3)4/h15-16,19-22,24-26H,5-14,17-18H2,1-4H3/t22-,24+,25?,26?. The van der Waals surface area contributed by atoms with Gasteiger partial charge in [-0.15, -0.1) is 0 Å². The van der Waals surface area contributed by atoms with Crippen molar-refractivity contribution in [3.63, 3.8) is 0 Å². The Kier molecular flexibility index (Phi) is 7.27. The van der Waals surface area contributed by atoms with Crippen molar-refractivity contribution in [3.05, 3.63) is 18.0 Å². The summed E-state index contributed by atoms with van der Waals surface area (Å²) in [6.07, 6.45) is 13.7. The summed E-state index contributed by atoms with van der Waals surface area (Å²) in [6, 6.07) is 2.44. The van der Waals surface area contributed by atoms with Crippen LogP contribution in [0.1, 0.15) is 90.5 Å². The first-order valence-electron chi connectivity index (χ1n) is 14.0. The van der Waals surface area contributed by atoms with E-state index in [4.69, 9.17) is 9.97 Å². The maximum Gasteiger partial charge on any atom is 0.225 e. The van der Waals surface area contributed by atoms with Gasteiger partial charge in [-0.1, -0.05) is 13.8 Å². The Labute approximate surface area is 206 Å². The number of hydrogen-bond acceptors (Lipinski definition) is 6. The number of carbonyl (C=O) groups is 1. The van der Waals surface area contributed by atoms with Crippen molar-refractivity contribution in [2.45, 2.75) is 109 Å². The van der Waals surface area contributed by atoms with Gasteiger partial charge in [-0.3, -0.25) is 9.69 Å². The summed E-state index contributed by atoms with van der Waals surface area (Å²) < 4.78 is 0. The Morgan fingerprint density at radius 3 is 1.91 bits per heavy atom. The molecule has 188 valence electrons. The molecule has 0 amide bonds. The topological polar surface area (TPSA) is 52.6 Å². The zero-order chi connectivity index (χ0) is 23.8. The lowest BCUT2D eigenvalue weighted by Crippen LogP contribution is -2.56. The molecule has 4 heterocycles. The highest BCUT2D eigenvalue weighted by molar-refractivity contribution is 5.82. The van der Waals surface area contributed by atoms with Gasteiger partial charge in [-0.2, -0.15) is 0 Å². The lowest BCUT2D eigenvalue weighted by Gasteiger charge is -2.43. The zero-order valence-corrected chi connectivity index (χ0v) is 21.8. The Balaban J connectivity index is 1.12. The molecule has 5 rings (SSSR count). The Hall–Kier alpha value is -1.53. The van der Waals surface area contributed by atoms with Gasteiger partial charge in [-0.05, 0) is 89.8 Å². The molecular weight excluding hydrogens is 422 g/mol. The molecule has 6 nitrogen and oxygen atoms in total. The van der Waals surface area contributed by atoms with E-state index in [-0.39, 0.29) is 5.92 Å². The molecule has 1 aromatic rings. The fourth-order valence-electron chi connectivity index (χ4n) is 7.15. The van der Waals surface area contributed by atoms with E-state index in [9.17, 15) is 4.79 Å². The molecule has 0 aromatic carbocycles. The number of piperidine rings is 1. The first-order chi connectivity index (χ1) is 16.4. The van der Waals surface area contributed by atoms with Gasteiger partial charge in [0.15, 0.2) is 0 Å². The highest BCUT2D eigenvalue weighted by atomic mass is 16.1. The van der Waals surface area contributed by atoms with Gasteiger partial charge in [0.05, 0.1) is 0 Å². The minimum atomic E-state index is 0.186. The summed E-state index contributed by atoms with van der Waals surface area (Å²) in [7, 11) is 0. The van der Waals surface area contributed by atoms with E-state index in [0.717, 1.165) is 31.9 Å². The number of carbonyl (C=O) groups excluding carboxylic acids is 1. The molecule has 3 saturated heterocycles. The van der Waals surface area contributed by atoms with Gasteiger partial charge in [-0.25, -0.2) is 9.97 Å². The van der Waals surface area contributed by atoms with E-state index in [1.807, 2.05) is 13.8 Å². The van der Waals surface area contributed by atoms with Crippen LogP contribution in [0.3, 0.4) is 0 Å². The second-order valence-corrected chi connectivity index (χ2v) is 12.0. The quantitative estimate of drug-likeness (QED) is 0.614. The predicted molar refractivity (Wildman–Crippen MR) is 137 cm³/mol. The summed E-state index contributed by atoms with van der Waals surface area (Å²) in [6.45, 7) is 13.3. The molecular formula is C28H45N5O. The average molecular weight is 468 g/mol. The lowest BCUT2D eigenvalue weighted by molar-refractivity contribution is -0.127. The van der Waals surface area contributed by atoms with Crippen LogP contribution in [0.2, 0.25) is 0 Å². The van der Waals surface area contributed by atoms with Crippen molar-refractivity contribution < 1.29 is 4.79 Å². The van der Waals surface area contributed by atoms with Crippen LogP contribution < -0.4 is 4.90 Å². The third-order valence-electron chi connectivity index (χ3n) is 9.32. The maximum absolute atomic E-state index is 12.4. The number of anilines is 1. The predicted octanol–water partition coefficient (Wildman–Crippen LogP) is 4.50. The van der Waals surface area contributed by atoms with Gasteiger partial charge >= 0.3 is 0 Å². The number of aromatic nitrogens is 2. The van der Waals surface area contributed by atoms with E-state index in [1.165, 1.54) is 57.2 Å². The van der Waals surface area contributed by atoms with Crippen LogP contribution >= 0.6 is 0 Å². The van der Waals surface area contributed by atoms with Crippen LogP contribution in [-0.4, -0.2) is 75.9 Å². The summed E-state index contributed by atoms with van der Waals surface area (Å²) in [5, 5.41) is 0. The smallest absolute Gasteiger partial charge is 0.225 e. The highest BCUT2D eigenvalue weighted by Crippen LogP contribution is 2.36. The van der Waals surface area contributed by atoms with Crippen LogP contribution in [0.15, 0.2) is 12.4 Å². The van der Waals surface area contributed by atoms with Crippen LogP contribution in [0.25, 0.3) is 0 Å². The van der Waals surface area contributed by atoms with Gasteiger partial charge in [0.1, 0.15) is 5.78 Å². The average Bonchev–Trinajstić information content (AvgIpc) is 3.12. The molecule has 2 unspecified atom stereocenters. The molecule has 34 heavy (non-hydrogen) atoms. The zero-order valence-electron chi connectivity index (χ0n) is 21.8. The second-order valence-electron chi connectivity index (χ2n) is 12.0. The van der Waals surface area contributed by atoms with Gasteiger partial charge in [0, 0.05) is 61.5 Å². The monoisotopic (exact) mass is 467 g/mol. The number of piperazine rings is 1. The summed E-state index contributed by atoms with van der Waals surface area (Å²) >= 11 is 0. The van der Waals surface area contributed by atoms with Crippen molar-refractivity contribution in [3.8, 4) is 0 Å². The van der Waals surface area contributed by atoms with E-state index >= 15 is 0 Å². The number of hydrogen-bond donors (Lipinski definition) is 0. The van der Waals surface area contributed by atoms with Crippen LogP contribution in [0.4, 0.5) is 5.95 Å². The van der Waals surface area contributed by atoms with Crippen LogP contribution in [0.5, 0.6) is 0 Å². The summed E-state index contributed by atoms with van der Waals surface area (Å²) in [5.41, 5.74) is 1.32. The van der Waals surface area contributed by atoms with E-state index in [2.05, 4.69) is 40.9 Å². The molecule has 2 bridgehead atoms. The molecule has 4 fully saturated rings. The van der Waals surface area contributed by atoms with Gasteiger partial charge in [0.2, 0.25) is 5.95 Å². The van der Waals surface area contributed by atoms with E-state index < -0.39 is 0 Å². The summed E-state index contributed by atoms with van der Waals surface area (Å²) in [5.74, 6) is 2.51. The van der Waals surface area contributed by atoms with Crippen molar-refractivity contribution in [2.24, 2.45) is 11.8 Å². The first-order valence-corrected chi connectivity index (χ1v) is 14.0. The first kappa shape index (κ1) is 24.2. The fraction of sp³-hybridized carbons (Fsp3) is 0.821. The number of nitrogens with zero attached hydrogens (tertiary/aromatic N) is 5. The molecule has 0 N–H and O–H groups in total. The van der Waals surface area contributed by atoms with Crippen molar-refractivity contribution >= 4 is 11.7 Å². The number of Topliss-reactive ketones (excluding diaryl/α,β-unsaturated/α-hetero) is 1. The van der Waals surface area contributed by atoms with Gasteiger partial charge < -0.3 is 9.80 Å². The third-order valence-corrected chi connectivity index (χ3v) is 9.32. The highest BCUT2D eigenvalue weighted by Gasteiger charge is 2.42. The molecule has 6 heteroatoms. The fourth-order valence-corrected chi connectivity index (χ4v) is 7.15. The van der Waals surface area contributed by atoms with Crippen molar-refractivity contribution in [1.82, 2.24) is 19.8 Å². The molecule has 1 aromatic heterocycles. The van der Waals surface area contributed by atoms with Gasteiger partial charge in [0.25, 0.3) is 0 Å². The van der Waals surface area contributed by atoms with E-state index in [0.29, 0.717) is 41.8 Å². The SMILES string of the molecule is CC(C)C(=O)[C@H]1CC[C@@H](N2CCC(c3cnc(N4C5CCC4CN(C(C)C)C5)nc3)CC2)CC1. The Morgan fingerprint density at radius 2 is 1.38 bits per heavy atom. The molecule has 0 spiro atoms. The molecule has 2 atom stereocenters. The minimum Gasteiger partial charge on any atom is -0.332 e. The Bertz CT molecular complexity index is 810. The normalized spacial score (nSPS) is 31.5. The lowest BCUT2D eigenvalue weighted by atomic mass is 9.79. The largest absolute Gasteiger partial charge is 0.332 e. The molecule has 1 aliphatic carbocycles. The number of fused-ring (bicyclic) bond motifs is 2.